The molecule has 3 rings (SSSR count). The van der Waals surface area contributed by atoms with Crippen molar-refractivity contribution in [1.82, 2.24) is 9.29 Å². The summed E-state index contributed by atoms with van der Waals surface area (Å²) in [6, 6.07) is 9.24. The van der Waals surface area contributed by atoms with Gasteiger partial charge in [-0.2, -0.15) is 5.26 Å². The SMILES string of the molecule is CCC/C=C1\CN(S(=O)c2ccc(Cl)cn2)C[C@@H]1Oc1ccc(C#N)c(F)c1. The van der Waals surface area contributed by atoms with E-state index in [2.05, 4.69) is 18.0 Å². The normalized spacial score (nSPS) is 19.5. The van der Waals surface area contributed by atoms with Gasteiger partial charge in [0.1, 0.15) is 39.8 Å². The average molecular weight is 420 g/mol. The summed E-state index contributed by atoms with van der Waals surface area (Å²) in [5.41, 5.74) is 0.964. The maximum atomic E-state index is 13.9. The highest BCUT2D eigenvalue weighted by Gasteiger charge is 2.33. The van der Waals surface area contributed by atoms with Crippen LogP contribution in [0.5, 0.6) is 5.75 Å². The summed E-state index contributed by atoms with van der Waals surface area (Å²) in [6.07, 6.45) is 5.04. The number of hydrogen-bond acceptors (Lipinski definition) is 4. The third-order valence-electron chi connectivity index (χ3n) is 4.29. The van der Waals surface area contributed by atoms with Crippen molar-refractivity contribution in [2.45, 2.75) is 30.9 Å². The second-order valence-corrected chi connectivity index (χ2v) is 8.18. The van der Waals surface area contributed by atoms with E-state index in [1.807, 2.05) is 0 Å². The van der Waals surface area contributed by atoms with Crippen LogP contribution in [0.2, 0.25) is 5.02 Å². The van der Waals surface area contributed by atoms with Crippen LogP contribution in [0.4, 0.5) is 4.39 Å². The van der Waals surface area contributed by atoms with Crippen LogP contribution in [-0.2, 0) is 11.0 Å². The maximum Gasteiger partial charge on any atom is 0.147 e. The molecule has 1 saturated heterocycles. The fraction of sp³-hybridized carbons (Fsp3) is 0.300. The fourth-order valence-electron chi connectivity index (χ4n) is 2.86. The Hall–Kier alpha value is -2.27. The van der Waals surface area contributed by atoms with Crippen LogP contribution in [0.3, 0.4) is 0 Å². The van der Waals surface area contributed by atoms with Crippen molar-refractivity contribution < 1.29 is 13.3 Å². The Balaban J connectivity index is 1.79. The predicted molar refractivity (Wildman–Crippen MR) is 106 cm³/mol. The number of benzene rings is 1. The minimum Gasteiger partial charge on any atom is -0.485 e. The standard InChI is InChI=1S/C20H19ClFN3O2S/c1-2-3-4-15-12-25(28(26)20-8-6-16(21)11-24-20)13-19(15)27-17-7-5-14(10-23)18(22)9-17/h4-9,11,19H,2-3,12-13H2,1H3/b15-4+/t19-,28?/m0/s1. The lowest BCUT2D eigenvalue weighted by molar-refractivity contribution is 0.242. The molecule has 2 aromatic rings. The molecule has 0 radical (unpaired) electrons. The topological polar surface area (TPSA) is 66.2 Å². The highest BCUT2D eigenvalue weighted by Crippen LogP contribution is 2.27. The fourth-order valence-corrected chi connectivity index (χ4v) is 4.10. The van der Waals surface area contributed by atoms with E-state index < -0.39 is 16.8 Å². The lowest BCUT2D eigenvalue weighted by atomic mass is 10.1. The lowest BCUT2D eigenvalue weighted by Gasteiger charge is -2.16. The molecule has 1 unspecified atom stereocenters. The molecule has 0 spiro atoms. The molecule has 0 saturated carbocycles. The van der Waals surface area contributed by atoms with E-state index in [0.29, 0.717) is 28.9 Å². The van der Waals surface area contributed by atoms with Gasteiger partial charge < -0.3 is 4.74 Å². The zero-order valence-electron chi connectivity index (χ0n) is 15.3. The minimum atomic E-state index is -1.46. The number of unbranched alkanes of at least 4 members (excludes halogenated alkanes) is 1. The molecule has 146 valence electrons. The Morgan fingerprint density at radius 1 is 1.46 bits per heavy atom. The van der Waals surface area contributed by atoms with E-state index in [4.69, 9.17) is 21.6 Å². The second kappa shape index (κ2) is 9.28. The van der Waals surface area contributed by atoms with Crippen molar-refractivity contribution in [1.29, 1.82) is 5.26 Å². The van der Waals surface area contributed by atoms with Gasteiger partial charge in [-0.25, -0.2) is 17.9 Å². The molecule has 1 aliphatic rings. The molecule has 0 N–H and O–H groups in total. The number of rotatable bonds is 6. The van der Waals surface area contributed by atoms with E-state index in [1.165, 1.54) is 18.3 Å². The molecular formula is C20H19ClFN3O2S. The van der Waals surface area contributed by atoms with E-state index in [0.717, 1.165) is 18.4 Å². The first-order chi connectivity index (χ1) is 13.5. The quantitative estimate of drug-likeness (QED) is 0.656. The number of allylic oxidation sites excluding steroid dienone is 1. The number of ether oxygens (including phenoxy) is 1. The molecule has 0 amide bonds. The van der Waals surface area contributed by atoms with Gasteiger partial charge in [-0.05, 0) is 36.3 Å². The predicted octanol–water partition coefficient (Wildman–Crippen LogP) is 4.26. The van der Waals surface area contributed by atoms with Gasteiger partial charge >= 0.3 is 0 Å². The molecule has 1 aromatic carbocycles. The third kappa shape index (κ3) is 4.76. The van der Waals surface area contributed by atoms with E-state index in [9.17, 15) is 8.60 Å². The highest BCUT2D eigenvalue weighted by molar-refractivity contribution is 7.82. The number of nitriles is 1. The summed E-state index contributed by atoms with van der Waals surface area (Å²) in [4.78, 5) is 4.14. The van der Waals surface area contributed by atoms with Gasteiger partial charge in [-0.15, -0.1) is 0 Å². The number of aromatic nitrogens is 1. The van der Waals surface area contributed by atoms with E-state index in [1.54, 1.807) is 28.6 Å². The van der Waals surface area contributed by atoms with Crippen LogP contribution < -0.4 is 4.74 Å². The Morgan fingerprint density at radius 3 is 2.93 bits per heavy atom. The van der Waals surface area contributed by atoms with Gasteiger partial charge in [0.15, 0.2) is 0 Å². The van der Waals surface area contributed by atoms with Crippen molar-refractivity contribution >= 4 is 22.6 Å². The smallest absolute Gasteiger partial charge is 0.147 e. The van der Waals surface area contributed by atoms with Crippen molar-refractivity contribution in [3.05, 3.63) is 64.6 Å². The molecule has 0 aliphatic carbocycles. The highest BCUT2D eigenvalue weighted by atomic mass is 35.5. The largest absolute Gasteiger partial charge is 0.485 e. The number of nitrogens with zero attached hydrogens (tertiary/aromatic N) is 3. The summed E-state index contributed by atoms with van der Waals surface area (Å²) in [5.74, 6) is -0.288. The van der Waals surface area contributed by atoms with Gasteiger partial charge in [0.2, 0.25) is 0 Å². The Kier molecular flexibility index (Phi) is 6.79. The molecule has 0 bridgehead atoms. The Morgan fingerprint density at radius 2 is 2.29 bits per heavy atom. The van der Waals surface area contributed by atoms with Crippen LogP contribution in [0.15, 0.2) is 53.2 Å². The summed E-state index contributed by atoms with van der Waals surface area (Å²) < 4.78 is 34.5. The molecule has 1 aromatic heterocycles. The Labute approximate surface area is 171 Å². The minimum absolute atomic E-state index is 0.0305. The second-order valence-electron chi connectivity index (χ2n) is 6.31. The zero-order valence-corrected chi connectivity index (χ0v) is 16.8. The Bertz CT molecular complexity index is 943. The number of hydrogen-bond donors (Lipinski definition) is 0. The van der Waals surface area contributed by atoms with Gasteiger partial charge in [-0.3, -0.25) is 0 Å². The molecule has 1 aliphatic heterocycles. The first-order valence-corrected chi connectivity index (χ1v) is 10.3. The number of halogens is 2. The summed E-state index contributed by atoms with van der Waals surface area (Å²) in [7, 11) is -1.46. The first kappa shape index (κ1) is 20.5. The van der Waals surface area contributed by atoms with Crippen LogP contribution in [0, 0.1) is 17.1 Å². The number of pyridine rings is 1. The van der Waals surface area contributed by atoms with Crippen molar-refractivity contribution in [3.8, 4) is 11.8 Å². The summed E-state index contributed by atoms with van der Waals surface area (Å²) >= 11 is 5.85. The van der Waals surface area contributed by atoms with Crippen LogP contribution >= 0.6 is 11.6 Å². The molecular weight excluding hydrogens is 401 g/mol. The monoisotopic (exact) mass is 419 g/mol. The molecule has 2 atom stereocenters. The van der Waals surface area contributed by atoms with Crippen molar-refractivity contribution in [3.63, 3.8) is 0 Å². The van der Waals surface area contributed by atoms with Crippen LogP contribution in [0.25, 0.3) is 0 Å². The zero-order chi connectivity index (χ0) is 20.1. The molecule has 8 heteroatoms. The van der Waals surface area contributed by atoms with Crippen molar-refractivity contribution in [2.24, 2.45) is 0 Å². The lowest BCUT2D eigenvalue weighted by Crippen LogP contribution is -2.27. The van der Waals surface area contributed by atoms with Crippen LogP contribution in [-0.4, -0.2) is 32.7 Å². The van der Waals surface area contributed by atoms with Gasteiger partial charge in [0, 0.05) is 18.8 Å². The maximum absolute atomic E-state index is 13.9. The molecule has 28 heavy (non-hydrogen) atoms. The average Bonchev–Trinajstić information content (AvgIpc) is 3.09. The van der Waals surface area contributed by atoms with Crippen molar-refractivity contribution in [2.75, 3.05) is 13.1 Å². The molecule has 5 nitrogen and oxygen atoms in total. The summed E-state index contributed by atoms with van der Waals surface area (Å²) in [6.45, 7) is 2.93. The van der Waals surface area contributed by atoms with E-state index >= 15 is 0 Å². The van der Waals surface area contributed by atoms with Gasteiger partial charge in [0.05, 0.1) is 17.1 Å². The molecule has 2 heterocycles. The van der Waals surface area contributed by atoms with Gasteiger partial charge in [0.25, 0.3) is 0 Å². The summed E-state index contributed by atoms with van der Waals surface area (Å²) in [5, 5.41) is 9.76. The van der Waals surface area contributed by atoms with Crippen LogP contribution in [0.1, 0.15) is 25.3 Å². The first-order valence-electron chi connectivity index (χ1n) is 8.85. The third-order valence-corrected chi connectivity index (χ3v) is 5.86. The molecule has 1 fully saturated rings. The van der Waals surface area contributed by atoms with Gasteiger partial charge in [-0.1, -0.05) is 31.0 Å². The van der Waals surface area contributed by atoms with E-state index in [-0.39, 0.29) is 11.7 Å².